The lowest BCUT2D eigenvalue weighted by Crippen LogP contribution is -3.21. The van der Waals surface area contributed by atoms with Gasteiger partial charge in [-0.1, -0.05) is 0 Å². The fraction of sp³-hybridized carbons (Fsp3) is 0.100. The average Bonchev–Trinajstić information content (AvgIpc) is 2.82. The standard InChI is InChI=1S/C20H19IN2O8S3/c1-30-16-5-11-19(12-6-16)33(26,27)23(22-32(24,25)18-9-3-15(21)4-10-18)34(28,29)20-13-7-17(31-2)8-14-20/h3-14,22H,1-2H3/p+1. The van der Waals surface area contributed by atoms with Crippen LogP contribution in [-0.2, 0) is 30.1 Å². The van der Waals surface area contributed by atoms with Crippen molar-refractivity contribution in [2.24, 2.45) is 0 Å². The third-order valence-corrected chi connectivity index (χ3v) is 11.2. The summed E-state index contributed by atoms with van der Waals surface area (Å²) < 4.78 is 89.1. The Hall–Kier alpha value is -2.24. The molecule has 0 amide bonds. The maximum absolute atomic E-state index is 13.4. The minimum absolute atomic E-state index is 0.305. The molecular weight excluding hydrogens is 619 g/mol. The van der Waals surface area contributed by atoms with Crippen LogP contribution in [0.4, 0.5) is 0 Å². The zero-order valence-electron chi connectivity index (χ0n) is 17.8. The number of benzene rings is 3. The minimum Gasteiger partial charge on any atom is -0.497 e. The van der Waals surface area contributed by atoms with E-state index in [4.69, 9.17) is 9.47 Å². The highest BCUT2D eigenvalue weighted by molar-refractivity contribution is 14.1. The molecule has 0 fully saturated rings. The molecule has 3 aromatic rings. The molecule has 0 atom stereocenters. The molecule has 0 heterocycles. The predicted molar refractivity (Wildman–Crippen MR) is 131 cm³/mol. The van der Waals surface area contributed by atoms with Gasteiger partial charge >= 0.3 is 20.0 Å². The highest BCUT2D eigenvalue weighted by atomic mass is 127. The second kappa shape index (κ2) is 10.2. The van der Waals surface area contributed by atoms with Crippen molar-refractivity contribution in [2.75, 3.05) is 14.2 Å². The van der Waals surface area contributed by atoms with Crippen LogP contribution in [0.3, 0.4) is 0 Å². The number of rotatable bonds is 9. The van der Waals surface area contributed by atoms with Gasteiger partial charge in [0.25, 0.3) is 10.0 Å². The van der Waals surface area contributed by atoms with Crippen molar-refractivity contribution in [2.45, 2.75) is 14.7 Å². The lowest BCUT2D eigenvalue weighted by atomic mass is 10.3. The Morgan fingerprint density at radius 1 is 0.618 bits per heavy atom. The van der Waals surface area contributed by atoms with Gasteiger partial charge in [-0.15, -0.1) is 0 Å². The molecule has 0 bridgehead atoms. The Morgan fingerprint density at radius 2 is 0.971 bits per heavy atom. The molecule has 3 aromatic carbocycles. The molecule has 0 radical (unpaired) electrons. The van der Waals surface area contributed by atoms with Crippen molar-refractivity contribution in [3.8, 4) is 11.5 Å². The van der Waals surface area contributed by atoms with E-state index in [0.29, 0.717) is 11.5 Å². The first-order valence-corrected chi connectivity index (χ1v) is 14.9. The van der Waals surface area contributed by atoms with Crippen LogP contribution in [0.25, 0.3) is 0 Å². The van der Waals surface area contributed by atoms with Crippen LogP contribution in [-0.4, -0.2) is 39.5 Å². The van der Waals surface area contributed by atoms with Gasteiger partial charge in [0.2, 0.25) is 0 Å². The molecule has 0 spiro atoms. The molecule has 0 aliphatic heterocycles. The smallest absolute Gasteiger partial charge is 0.359 e. The number of nitrogens with one attached hydrogen (secondary N) is 2. The second-order valence-corrected chi connectivity index (χ2v) is 13.7. The number of quaternary nitrogens is 1. The van der Waals surface area contributed by atoms with E-state index >= 15 is 0 Å². The first kappa shape index (κ1) is 26.4. The van der Waals surface area contributed by atoms with Gasteiger partial charge < -0.3 is 9.47 Å². The highest BCUT2D eigenvalue weighted by Crippen LogP contribution is 2.18. The van der Waals surface area contributed by atoms with E-state index in [1.165, 1.54) is 62.8 Å². The number of hydrogen-bond donors (Lipinski definition) is 2. The van der Waals surface area contributed by atoms with E-state index in [0.717, 1.165) is 27.8 Å². The summed E-state index contributed by atoms with van der Waals surface area (Å²) >= 11 is 1.97. The summed E-state index contributed by atoms with van der Waals surface area (Å²) in [6.45, 7) is 0. The van der Waals surface area contributed by atoms with E-state index in [9.17, 15) is 25.3 Å². The third kappa shape index (κ3) is 5.52. The van der Waals surface area contributed by atoms with E-state index in [1.54, 1.807) is 0 Å². The van der Waals surface area contributed by atoms with Crippen LogP contribution in [0.1, 0.15) is 0 Å². The van der Waals surface area contributed by atoms with Crippen molar-refractivity contribution in [3.05, 3.63) is 76.4 Å². The van der Waals surface area contributed by atoms with E-state index < -0.39 is 43.7 Å². The van der Waals surface area contributed by atoms with Gasteiger partial charge in [-0.25, -0.2) is 8.42 Å². The van der Waals surface area contributed by atoms with Gasteiger partial charge in [0.1, 0.15) is 21.3 Å². The quantitative estimate of drug-likeness (QED) is 0.263. The Morgan fingerprint density at radius 3 is 1.32 bits per heavy atom. The monoisotopic (exact) mass is 639 g/mol. The van der Waals surface area contributed by atoms with Crippen LogP contribution >= 0.6 is 22.6 Å². The van der Waals surface area contributed by atoms with Crippen LogP contribution in [0.5, 0.6) is 11.5 Å². The zero-order chi connectivity index (χ0) is 25.1. The minimum atomic E-state index is -4.85. The van der Waals surface area contributed by atoms with Crippen LogP contribution in [0.15, 0.2) is 87.5 Å². The molecule has 2 N–H and O–H groups in total. The van der Waals surface area contributed by atoms with Crippen LogP contribution in [0, 0.1) is 3.57 Å². The summed E-state index contributed by atoms with van der Waals surface area (Å²) in [6, 6.07) is 15.2. The van der Waals surface area contributed by atoms with Crippen molar-refractivity contribution < 1.29 is 38.5 Å². The van der Waals surface area contributed by atoms with E-state index in [2.05, 4.69) is 0 Å². The summed E-state index contributed by atoms with van der Waals surface area (Å²) in [5, 5.41) is 0. The summed E-state index contributed by atoms with van der Waals surface area (Å²) in [4.78, 5) is 0.628. The molecule has 3 rings (SSSR count). The average molecular weight is 639 g/mol. The second-order valence-electron chi connectivity index (χ2n) is 6.70. The highest BCUT2D eigenvalue weighted by Gasteiger charge is 2.44. The molecule has 0 saturated heterocycles. The molecule has 14 heteroatoms. The SMILES string of the molecule is COc1ccc(S(=O)(=O)[NH+](NS(=O)(=O)c2ccc(I)cc2)S(=O)(=O)c2ccc(OC)cc2)cc1. The molecule has 0 aromatic heterocycles. The zero-order valence-corrected chi connectivity index (χ0v) is 22.4. The molecule has 182 valence electrons. The number of methoxy groups -OCH3 is 2. The fourth-order valence-electron chi connectivity index (χ4n) is 2.76. The van der Waals surface area contributed by atoms with Gasteiger partial charge in [0.15, 0.2) is 0 Å². The van der Waals surface area contributed by atoms with E-state index in [-0.39, 0.29) is 4.90 Å². The number of hydrogen-bond acceptors (Lipinski definition) is 8. The van der Waals surface area contributed by atoms with Gasteiger partial charge in [-0.05, 0) is 104 Å². The number of sulfonamides is 3. The lowest BCUT2D eigenvalue weighted by molar-refractivity contribution is -0.657. The summed E-state index contributed by atoms with van der Waals surface area (Å²) in [6.07, 6.45) is 0. The molecule has 0 aliphatic rings. The van der Waals surface area contributed by atoms with Gasteiger partial charge in [0, 0.05) is 3.57 Å². The van der Waals surface area contributed by atoms with Crippen molar-refractivity contribution in [3.63, 3.8) is 0 Å². The van der Waals surface area contributed by atoms with Crippen molar-refractivity contribution in [1.29, 1.82) is 0 Å². The predicted octanol–water partition coefficient (Wildman–Crippen LogP) is 1.16. The Bertz CT molecular complexity index is 1400. The third-order valence-electron chi connectivity index (χ3n) is 4.57. The maximum atomic E-state index is 13.4. The van der Waals surface area contributed by atoms with Crippen molar-refractivity contribution in [1.82, 2.24) is 4.83 Å². The summed E-state index contributed by atoms with van der Waals surface area (Å²) in [5.74, 6) is 0.663. The Labute approximate surface area is 211 Å². The van der Waals surface area contributed by atoms with E-state index in [1.807, 2.05) is 27.4 Å². The van der Waals surface area contributed by atoms with Gasteiger partial charge in [-0.2, -0.15) is 16.8 Å². The normalized spacial score (nSPS) is 12.5. The molecule has 34 heavy (non-hydrogen) atoms. The number of ether oxygens (including phenoxy) is 2. The number of halogens is 1. The summed E-state index contributed by atoms with van der Waals surface area (Å²) in [7, 11) is -11.5. The van der Waals surface area contributed by atoms with Crippen molar-refractivity contribution >= 4 is 52.7 Å². The maximum Gasteiger partial charge on any atom is 0.359 e. The molecule has 10 nitrogen and oxygen atoms in total. The topological polar surface area (TPSA) is 137 Å². The molecule has 0 unspecified atom stereocenters. The van der Waals surface area contributed by atoms with Gasteiger partial charge in [-0.3, -0.25) is 0 Å². The molecular formula is C20H20IN2O8S3+. The Balaban J connectivity index is 2.16. The Kier molecular flexibility index (Phi) is 7.89. The van der Waals surface area contributed by atoms with Crippen LogP contribution in [0.2, 0.25) is 0 Å². The largest absolute Gasteiger partial charge is 0.497 e. The summed E-state index contributed by atoms with van der Waals surface area (Å²) in [5.41, 5.74) is 0. The van der Waals surface area contributed by atoms with Crippen LogP contribution < -0.4 is 18.1 Å². The first-order chi connectivity index (χ1) is 15.9. The van der Waals surface area contributed by atoms with Gasteiger partial charge in [0.05, 0.1) is 19.1 Å². The first-order valence-electron chi connectivity index (χ1n) is 9.35. The molecule has 0 saturated carbocycles. The lowest BCUT2D eigenvalue weighted by Gasteiger charge is -2.19. The fourth-order valence-corrected chi connectivity index (χ4v) is 8.64. The molecule has 0 aliphatic carbocycles.